The molecule has 0 radical (unpaired) electrons. The van der Waals surface area contributed by atoms with E-state index in [9.17, 15) is 39.6 Å². The maximum Gasteiger partial charge on any atom is 0.255 e. The van der Waals surface area contributed by atoms with Crippen LogP contribution in [0, 0.1) is 28.6 Å². The fourth-order valence-corrected chi connectivity index (χ4v) is 9.42. The predicted molar refractivity (Wildman–Crippen MR) is 174 cm³/mol. The average Bonchev–Trinajstić information content (AvgIpc) is 2.89. The molecule has 1 aromatic rings. The lowest BCUT2D eigenvalue weighted by Crippen LogP contribution is -2.58. The van der Waals surface area contributed by atoms with Gasteiger partial charge < -0.3 is 36.4 Å². The number of aromatic hydroxyl groups is 1. The Hall–Kier alpha value is -3.90. The highest BCUT2D eigenvalue weighted by Gasteiger charge is 2.60. The van der Waals surface area contributed by atoms with E-state index in [0.29, 0.717) is 30.4 Å². The number of nitrogens with one attached hydrogen (secondary N) is 1. The zero-order valence-corrected chi connectivity index (χ0v) is 27.9. The summed E-state index contributed by atoms with van der Waals surface area (Å²) >= 11 is 0. The average molecular weight is 651 g/mol. The van der Waals surface area contributed by atoms with Gasteiger partial charge in [-0.3, -0.25) is 24.1 Å². The molecule has 1 saturated carbocycles. The molecule has 1 aliphatic heterocycles. The van der Waals surface area contributed by atoms with Gasteiger partial charge in [-0.1, -0.05) is 27.7 Å². The van der Waals surface area contributed by atoms with E-state index in [1.807, 2.05) is 0 Å². The number of Topliss-reactive ketones (excluding diaryl/α,β-unsaturated/α-hetero) is 2. The summed E-state index contributed by atoms with van der Waals surface area (Å²) in [4.78, 5) is 56.9. The lowest BCUT2D eigenvalue weighted by molar-refractivity contribution is -0.144. The van der Waals surface area contributed by atoms with Gasteiger partial charge in [-0.15, -0.1) is 0 Å². The summed E-state index contributed by atoms with van der Waals surface area (Å²) in [5.41, 5.74) is 3.03. The van der Waals surface area contributed by atoms with Crippen molar-refractivity contribution >= 4 is 34.8 Å². The highest BCUT2D eigenvalue weighted by atomic mass is 16.3. The number of aliphatic hydroxyl groups is 3. The van der Waals surface area contributed by atoms with Crippen LogP contribution in [-0.4, -0.2) is 87.5 Å². The van der Waals surface area contributed by atoms with Crippen LogP contribution >= 0.6 is 0 Å². The fourth-order valence-electron chi connectivity index (χ4n) is 9.42. The molecule has 4 aliphatic carbocycles. The van der Waals surface area contributed by atoms with Crippen LogP contribution in [0.15, 0.2) is 28.7 Å². The van der Waals surface area contributed by atoms with Gasteiger partial charge in [0.25, 0.3) is 5.91 Å². The zero-order chi connectivity index (χ0) is 34.5. The molecule has 1 saturated heterocycles. The van der Waals surface area contributed by atoms with Crippen molar-refractivity contribution in [1.29, 1.82) is 0 Å². The Morgan fingerprint density at radius 3 is 2.21 bits per heavy atom. The number of aliphatic hydroxyl groups excluding tert-OH is 2. The molecule has 1 aromatic carbocycles. The van der Waals surface area contributed by atoms with Gasteiger partial charge in [0.15, 0.2) is 17.1 Å². The minimum absolute atomic E-state index is 0.0442. The van der Waals surface area contributed by atoms with E-state index in [1.165, 1.54) is 0 Å². The predicted octanol–water partition coefficient (Wildman–Crippen LogP) is 3.12. The largest absolute Gasteiger partial charge is 0.511 e. The summed E-state index contributed by atoms with van der Waals surface area (Å²) in [7, 11) is 3.55. The quantitative estimate of drug-likeness (QED) is 0.204. The van der Waals surface area contributed by atoms with Crippen LogP contribution in [0.1, 0.15) is 75.7 Å². The number of likely N-dealkylation sites (tertiary alicyclic amines) is 1. The number of carbonyl (C=O) groups is 4. The van der Waals surface area contributed by atoms with Crippen molar-refractivity contribution < 1.29 is 39.6 Å². The van der Waals surface area contributed by atoms with Crippen LogP contribution in [0.5, 0.6) is 5.75 Å². The minimum Gasteiger partial charge on any atom is -0.511 e. The summed E-state index contributed by atoms with van der Waals surface area (Å²) in [5, 5.41) is 47.6. The molecule has 1 heterocycles. The summed E-state index contributed by atoms with van der Waals surface area (Å²) in [6.45, 7) is 10.4. The Labute approximate surface area is 274 Å². The number of fused-ring (bicyclic) bond motifs is 3. The number of nitrogens with zero attached hydrogens (tertiary/aromatic N) is 2. The van der Waals surface area contributed by atoms with Crippen molar-refractivity contribution in [2.24, 2.45) is 34.3 Å². The molecule has 3 atom stereocenters. The van der Waals surface area contributed by atoms with Crippen molar-refractivity contribution in [1.82, 2.24) is 4.90 Å². The second-order valence-electron chi connectivity index (χ2n) is 16.2. The van der Waals surface area contributed by atoms with Crippen molar-refractivity contribution in [2.75, 3.05) is 37.4 Å². The molecule has 12 heteroatoms. The summed E-state index contributed by atoms with van der Waals surface area (Å²) in [6, 6.07) is 2.02. The number of ketones is 2. The Morgan fingerprint density at radius 1 is 1.02 bits per heavy atom. The van der Waals surface area contributed by atoms with Crippen molar-refractivity contribution in [3.63, 3.8) is 0 Å². The molecule has 0 spiro atoms. The normalized spacial score (nSPS) is 29.1. The number of phenols is 1. The smallest absolute Gasteiger partial charge is 0.255 e. The lowest BCUT2D eigenvalue weighted by Gasteiger charge is -2.52. The highest BCUT2D eigenvalue weighted by Crippen LogP contribution is 2.53. The summed E-state index contributed by atoms with van der Waals surface area (Å²) in [5.74, 6) is -7.47. The topological polar surface area (TPSA) is 194 Å². The number of nitrogens with two attached hydrogens (primary N) is 1. The second-order valence-corrected chi connectivity index (χ2v) is 16.2. The van der Waals surface area contributed by atoms with Gasteiger partial charge in [0.1, 0.15) is 17.1 Å². The number of phenolic OH excluding ortho intramolecular Hbond substituents is 1. The Morgan fingerprint density at radius 2 is 1.64 bits per heavy atom. The van der Waals surface area contributed by atoms with E-state index in [1.54, 1.807) is 25.1 Å². The van der Waals surface area contributed by atoms with E-state index in [0.717, 1.165) is 19.3 Å². The van der Waals surface area contributed by atoms with E-state index in [2.05, 4.69) is 37.9 Å². The summed E-state index contributed by atoms with van der Waals surface area (Å²) < 4.78 is 0. The Balaban J connectivity index is 1.29. The third-order valence-electron chi connectivity index (χ3n) is 11.1. The van der Waals surface area contributed by atoms with Gasteiger partial charge in [0, 0.05) is 56.8 Å². The molecule has 7 N–H and O–H groups in total. The van der Waals surface area contributed by atoms with E-state index < -0.39 is 57.8 Å². The molecule has 0 unspecified atom stereocenters. The first-order chi connectivity index (χ1) is 21.8. The maximum atomic E-state index is 14.1. The first-order valence-electron chi connectivity index (χ1n) is 16.3. The maximum absolute atomic E-state index is 14.1. The fraction of sp³-hybridized carbons (Fsp3) is 0.600. The van der Waals surface area contributed by atoms with Crippen LogP contribution in [-0.2, 0) is 20.8 Å². The molecular formula is C35H46N4O8. The third kappa shape index (κ3) is 5.20. The van der Waals surface area contributed by atoms with E-state index in [-0.39, 0.29) is 58.7 Å². The third-order valence-corrected chi connectivity index (χ3v) is 11.1. The number of benzene rings is 1. The van der Waals surface area contributed by atoms with Crippen molar-refractivity contribution in [3.8, 4) is 5.75 Å². The molecule has 5 aliphatic rings. The minimum atomic E-state index is -2.64. The van der Waals surface area contributed by atoms with Gasteiger partial charge in [-0.2, -0.15) is 0 Å². The number of amides is 2. The first-order valence-corrected chi connectivity index (χ1v) is 16.3. The van der Waals surface area contributed by atoms with Crippen molar-refractivity contribution in [2.45, 2.75) is 77.9 Å². The van der Waals surface area contributed by atoms with Gasteiger partial charge in [0.2, 0.25) is 11.7 Å². The van der Waals surface area contributed by atoms with Gasteiger partial charge in [-0.05, 0) is 60.5 Å². The SMILES string of the molecule is CN(C)c1cc(NC(=O)C2CN(C3CC(C)(C)CC(C)(C)C3)C2)c(O)c2c1C[C@H]1C[C@H]3CC(O)=C(C(N)=O)C(=O)[C@@]3(O)C(O)=C1C2=O. The molecule has 0 aromatic heterocycles. The van der Waals surface area contributed by atoms with Crippen LogP contribution in [0.3, 0.4) is 0 Å². The molecule has 47 heavy (non-hydrogen) atoms. The van der Waals surface area contributed by atoms with Crippen LogP contribution in [0.2, 0.25) is 0 Å². The number of hydrogen-bond donors (Lipinski definition) is 6. The van der Waals surface area contributed by atoms with Gasteiger partial charge >= 0.3 is 0 Å². The number of allylic oxidation sites excluding steroid dienone is 2. The molecule has 2 amide bonds. The first kappa shape index (κ1) is 33.0. The number of carbonyl (C=O) groups excluding carboxylic acids is 4. The Bertz CT molecular complexity index is 1650. The van der Waals surface area contributed by atoms with Crippen molar-refractivity contribution in [3.05, 3.63) is 39.9 Å². The van der Waals surface area contributed by atoms with Crippen LogP contribution in [0.25, 0.3) is 0 Å². The number of rotatable bonds is 5. The monoisotopic (exact) mass is 650 g/mol. The Kier molecular flexibility index (Phi) is 7.60. The lowest BCUT2D eigenvalue weighted by atomic mass is 9.60. The van der Waals surface area contributed by atoms with Gasteiger partial charge in [-0.25, -0.2) is 0 Å². The standard InChI is InChI=1S/C35H46N4O8/c1-33(2)11-19(12-34(3,4)15-33)39-13-17(14-39)32(46)37-21-10-22(38(5)6)20-8-16-7-18-9-23(40)26(31(36)45)30(44)35(18,47)29(43)24(16)28(42)25(20)27(21)41/h10,16-19,40-41,43,47H,7-9,11-15H2,1-6H3,(H2,36,45)(H,37,46)/t16-,18+,35+/m1/s1. The molecule has 254 valence electrons. The highest BCUT2D eigenvalue weighted by molar-refractivity contribution is 6.24. The molecular weight excluding hydrogens is 604 g/mol. The van der Waals surface area contributed by atoms with Crippen LogP contribution in [0.4, 0.5) is 11.4 Å². The zero-order valence-electron chi connectivity index (χ0n) is 27.9. The number of anilines is 2. The summed E-state index contributed by atoms with van der Waals surface area (Å²) in [6.07, 6.45) is 3.21. The van der Waals surface area contributed by atoms with Gasteiger partial charge in [0.05, 0.1) is 17.2 Å². The molecule has 12 nitrogen and oxygen atoms in total. The van der Waals surface area contributed by atoms with Crippen LogP contribution < -0.4 is 16.0 Å². The second kappa shape index (κ2) is 10.8. The molecule has 6 rings (SSSR count). The molecule has 0 bridgehead atoms. The number of hydrogen-bond acceptors (Lipinski definition) is 10. The molecule has 2 fully saturated rings. The van der Waals surface area contributed by atoms with E-state index >= 15 is 0 Å². The van der Waals surface area contributed by atoms with E-state index in [4.69, 9.17) is 5.73 Å². The number of primary amides is 1.